The lowest BCUT2D eigenvalue weighted by Crippen LogP contribution is -2.13. The summed E-state index contributed by atoms with van der Waals surface area (Å²) in [6, 6.07) is 15.1. The highest BCUT2D eigenvalue weighted by Gasteiger charge is 2.08. The van der Waals surface area contributed by atoms with Gasteiger partial charge >= 0.3 is 0 Å². The van der Waals surface area contributed by atoms with Crippen molar-refractivity contribution in [3.63, 3.8) is 0 Å². The van der Waals surface area contributed by atoms with Crippen LogP contribution >= 0.6 is 11.6 Å². The van der Waals surface area contributed by atoms with Gasteiger partial charge in [-0.2, -0.15) is 5.10 Å². The molecular weight excluding hydrogens is 336 g/mol. The van der Waals surface area contributed by atoms with Gasteiger partial charge in [0.25, 0.3) is 0 Å². The van der Waals surface area contributed by atoms with Crippen molar-refractivity contribution in [2.75, 3.05) is 0 Å². The summed E-state index contributed by atoms with van der Waals surface area (Å²) in [5.74, 6) is 1.22. The van der Waals surface area contributed by atoms with Crippen molar-refractivity contribution in [2.24, 2.45) is 5.73 Å². The molecular formula is C19H19ClN4O. The van der Waals surface area contributed by atoms with Crippen molar-refractivity contribution >= 4 is 17.5 Å². The number of H-pyrrole nitrogens is 1. The highest BCUT2D eigenvalue weighted by Crippen LogP contribution is 2.14. The molecule has 0 spiro atoms. The zero-order chi connectivity index (χ0) is 17.6. The summed E-state index contributed by atoms with van der Waals surface area (Å²) in [6.45, 7) is 0. The fourth-order valence-electron chi connectivity index (χ4n) is 2.74. The average molecular weight is 355 g/mol. The molecule has 2 aromatic carbocycles. The Balaban J connectivity index is 1.55. The number of halogens is 1. The molecule has 5 nitrogen and oxygen atoms in total. The van der Waals surface area contributed by atoms with Crippen molar-refractivity contribution in [1.29, 1.82) is 0 Å². The predicted molar refractivity (Wildman–Crippen MR) is 97.6 cm³/mol. The maximum atomic E-state index is 11.4. The molecule has 0 saturated carbocycles. The van der Waals surface area contributed by atoms with Crippen LogP contribution in [0, 0.1) is 0 Å². The fourth-order valence-corrected chi connectivity index (χ4v) is 2.86. The van der Waals surface area contributed by atoms with Gasteiger partial charge in [-0.15, -0.1) is 0 Å². The van der Waals surface area contributed by atoms with Crippen LogP contribution in [0.5, 0.6) is 0 Å². The van der Waals surface area contributed by atoms with Gasteiger partial charge in [0, 0.05) is 23.4 Å². The SMILES string of the molecule is NC(=O)c1ccccc1CCCc1n[nH]c(Cc2ccc(Cl)cc2)n1. The van der Waals surface area contributed by atoms with Crippen LogP contribution in [0.4, 0.5) is 0 Å². The van der Waals surface area contributed by atoms with Crippen molar-refractivity contribution in [3.05, 3.63) is 81.9 Å². The van der Waals surface area contributed by atoms with E-state index in [1.54, 1.807) is 6.07 Å². The molecule has 1 heterocycles. The molecule has 0 aliphatic rings. The number of amides is 1. The van der Waals surface area contributed by atoms with E-state index in [1.807, 2.05) is 42.5 Å². The minimum Gasteiger partial charge on any atom is -0.366 e. The lowest BCUT2D eigenvalue weighted by atomic mass is 10.0. The second-order valence-corrected chi connectivity index (χ2v) is 6.31. The first-order valence-corrected chi connectivity index (χ1v) is 8.52. The first kappa shape index (κ1) is 17.2. The molecule has 0 saturated heterocycles. The van der Waals surface area contributed by atoms with Crippen LogP contribution in [0.25, 0.3) is 0 Å². The number of hydrogen-bond donors (Lipinski definition) is 2. The number of aromatic amines is 1. The maximum absolute atomic E-state index is 11.4. The number of benzene rings is 2. The van der Waals surface area contributed by atoms with Gasteiger partial charge in [0.05, 0.1) is 0 Å². The lowest BCUT2D eigenvalue weighted by Gasteiger charge is -2.05. The highest BCUT2D eigenvalue weighted by molar-refractivity contribution is 6.30. The van der Waals surface area contributed by atoms with Gasteiger partial charge in [-0.25, -0.2) is 4.98 Å². The summed E-state index contributed by atoms with van der Waals surface area (Å²) in [6.07, 6.45) is 3.04. The molecule has 1 amide bonds. The van der Waals surface area contributed by atoms with Gasteiger partial charge in [-0.3, -0.25) is 9.89 Å². The molecule has 25 heavy (non-hydrogen) atoms. The molecule has 0 unspecified atom stereocenters. The third kappa shape index (κ3) is 4.67. The Morgan fingerprint density at radius 3 is 2.60 bits per heavy atom. The fraction of sp³-hybridized carbons (Fsp3) is 0.211. The smallest absolute Gasteiger partial charge is 0.248 e. The molecule has 3 rings (SSSR count). The van der Waals surface area contributed by atoms with Gasteiger partial charge in [0.2, 0.25) is 5.91 Å². The van der Waals surface area contributed by atoms with Crippen LogP contribution in [-0.4, -0.2) is 21.1 Å². The van der Waals surface area contributed by atoms with Crippen molar-refractivity contribution in [2.45, 2.75) is 25.7 Å². The molecule has 128 valence electrons. The number of carbonyl (C=O) groups excluding carboxylic acids is 1. The minimum atomic E-state index is -0.390. The third-order valence-electron chi connectivity index (χ3n) is 3.99. The summed E-state index contributed by atoms with van der Waals surface area (Å²) < 4.78 is 0. The number of hydrogen-bond acceptors (Lipinski definition) is 3. The quantitative estimate of drug-likeness (QED) is 0.682. The first-order chi connectivity index (χ1) is 12.1. The lowest BCUT2D eigenvalue weighted by molar-refractivity contribution is 0.0999. The standard InChI is InChI=1S/C19H19ClN4O/c20-15-10-8-13(9-11-15)12-18-22-17(23-24-18)7-3-5-14-4-1-2-6-16(14)19(21)25/h1-2,4,6,8-11H,3,5,7,12H2,(H2,21,25)(H,22,23,24). The molecule has 0 aliphatic heterocycles. The Kier molecular flexibility index (Phi) is 5.46. The topological polar surface area (TPSA) is 84.7 Å². The van der Waals surface area contributed by atoms with Gasteiger partial charge in [-0.05, 0) is 42.2 Å². The second kappa shape index (κ2) is 7.94. The van der Waals surface area contributed by atoms with Crippen LogP contribution in [-0.2, 0) is 19.3 Å². The Hall–Kier alpha value is -2.66. The number of aryl methyl sites for hydroxylation is 2. The van der Waals surface area contributed by atoms with E-state index >= 15 is 0 Å². The van der Waals surface area contributed by atoms with Crippen molar-refractivity contribution in [3.8, 4) is 0 Å². The van der Waals surface area contributed by atoms with Crippen LogP contribution in [0.2, 0.25) is 5.02 Å². The zero-order valence-electron chi connectivity index (χ0n) is 13.7. The van der Waals surface area contributed by atoms with Gasteiger partial charge in [0.1, 0.15) is 5.82 Å². The second-order valence-electron chi connectivity index (χ2n) is 5.88. The monoisotopic (exact) mass is 354 g/mol. The molecule has 3 aromatic rings. The van der Waals surface area contributed by atoms with Gasteiger partial charge < -0.3 is 5.73 Å². The first-order valence-electron chi connectivity index (χ1n) is 8.14. The average Bonchev–Trinajstić information content (AvgIpc) is 3.04. The number of aromatic nitrogens is 3. The zero-order valence-corrected chi connectivity index (χ0v) is 14.5. The summed E-state index contributed by atoms with van der Waals surface area (Å²) in [4.78, 5) is 16.0. The number of carbonyl (C=O) groups is 1. The van der Waals surface area contributed by atoms with Crippen LogP contribution in [0.15, 0.2) is 48.5 Å². The molecule has 6 heteroatoms. The summed E-state index contributed by atoms with van der Waals surface area (Å²) in [7, 11) is 0. The molecule has 3 N–H and O–H groups in total. The molecule has 0 fully saturated rings. The van der Waals surface area contributed by atoms with E-state index < -0.39 is 5.91 Å². The molecule has 0 atom stereocenters. The number of primary amides is 1. The van der Waals surface area contributed by atoms with E-state index in [0.29, 0.717) is 12.0 Å². The molecule has 0 aliphatic carbocycles. The number of nitrogens with two attached hydrogens (primary N) is 1. The van der Waals surface area contributed by atoms with Crippen LogP contribution in [0.1, 0.15) is 39.6 Å². The summed E-state index contributed by atoms with van der Waals surface area (Å²) in [5, 5.41) is 7.96. The molecule has 0 bridgehead atoms. The largest absolute Gasteiger partial charge is 0.366 e. The third-order valence-corrected chi connectivity index (χ3v) is 4.24. The predicted octanol–water partition coefficient (Wildman–Crippen LogP) is 3.32. The van der Waals surface area contributed by atoms with Gasteiger partial charge in [0.15, 0.2) is 5.82 Å². The summed E-state index contributed by atoms with van der Waals surface area (Å²) in [5.41, 5.74) is 8.08. The minimum absolute atomic E-state index is 0.390. The highest BCUT2D eigenvalue weighted by atomic mass is 35.5. The number of nitrogens with one attached hydrogen (secondary N) is 1. The van der Waals surface area contributed by atoms with Crippen molar-refractivity contribution < 1.29 is 4.79 Å². The van der Waals surface area contributed by atoms with E-state index in [-0.39, 0.29) is 0 Å². The van der Waals surface area contributed by atoms with E-state index in [1.165, 1.54) is 0 Å². The summed E-state index contributed by atoms with van der Waals surface area (Å²) >= 11 is 5.89. The van der Waals surface area contributed by atoms with Gasteiger partial charge in [-0.1, -0.05) is 41.9 Å². The normalized spacial score (nSPS) is 10.8. The Bertz CT molecular complexity index is 858. The number of rotatable bonds is 7. The van der Waals surface area contributed by atoms with E-state index in [2.05, 4.69) is 15.2 Å². The Morgan fingerprint density at radius 2 is 1.84 bits per heavy atom. The maximum Gasteiger partial charge on any atom is 0.248 e. The van der Waals surface area contributed by atoms with E-state index in [4.69, 9.17) is 17.3 Å². The van der Waals surface area contributed by atoms with Crippen LogP contribution < -0.4 is 5.73 Å². The van der Waals surface area contributed by atoms with E-state index in [0.717, 1.165) is 47.1 Å². The van der Waals surface area contributed by atoms with Crippen molar-refractivity contribution in [1.82, 2.24) is 15.2 Å². The Morgan fingerprint density at radius 1 is 1.08 bits per heavy atom. The Labute approximate surface area is 151 Å². The molecule has 1 aromatic heterocycles. The van der Waals surface area contributed by atoms with E-state index in [9.17, 15) is 4.79 Å². The molecule has 0 radical (unpaired) electrons. The van der Waals surface area contributed by atoms with Crippen LogP contribution in [0.3, 0.4) is 0 Å². The number of nitrogens with zero attached hydrogens (tertiary/aromatic N) is 2.